The summed E-state index contributed by atoms with van der Waals surface area (Å²) in [6.45, 7) is 8.94. The van der Waals surface area contributed by atoms with Gasteiger partial charge in [-0.05, 0) is 45.4 Å². The number of aromatic nitrogens is 1. The Kier molecular flexibility index (Phi) is 7.80. The maximum Gasteiger partial charge on any atom is 0.407 e. The lowest BCUT2D eigenvalue weighted by Crippen LogP contribution is -2.32. The Bertz CT molecular complexity index is 667. The van der Waals surface area contributed by atoms with Gasteiger partial charge < -0.3 is 19.7 Å². The maximum atomic E-state index is 12.5. The van der Waals surface area contributed by atoms with Crippen LogP contribution in [0, 0.1) is 0 Å². The molecule has 0 saturated carbocycles. The van der Waals surface area contributed by atoms with E-state index in [-0.39, 0.29) is 13.2 Å². The summed E-state index contributed by atoms with van der Waals surface area (Å²) in [6, 6.07) is 3.33. The number of carbonyl (C=O) groups is 1. The number of rotatable bonds is 7. The van der Waals surface area contributed by atoms with Crippen molar-refractivity contribution >= 4 is 25.0 Å². The van der Waals surface area contributed by atoms with Crippen LogP contribution >= 0.6 is 7.37 Å². The van der Waals surface area contributed by atoms with Crippen molar-refractivity contribution in [2.75, 3.05) is 19.8 Å². The maximum absolute atomic E-state index is 12.5. The highest BCUT2D eigenvalue weighted by atomic mass is 31.2. The summed E-state index contributed by atoms with van der Waals surface area (Å²) in [5.41, 5.74) is 0.868. The molecule has 1 unspecified atom stereocenters. The second-order valence-electron chi connectivity index (χ2n) is 6.46. The molecule has 0 fully saturated rings. The average molecular weight is 370 g/mol. The summed E-state index contributed by atoms with van der Waals surface area (Å²) < 4.78 is 22.9. The Morgan fingerprint density at radius 3 is 2.64 bits per heavy atom. The van der Waals surface area contributed by atoms with Crippen LogP contribution in [-0.4, -0.2) is 41.6 Å². The van der Waals surface area contributed by atoms with E-state index in [0.717, 1.165) is 0 Å². The van der Waals surface area contributed by atoms with Gasteiger partial charge in [-0.1, -0.05) is 12.2 Å². The highest BCUT2D eigenvalue weighted by Gasteiger charge is 2.21. The number of hydrogen-bond acceptors (Lipinski definition) is 6. The van der Waals surface area contributed by atoms with Crippen LogP contribution < -0.4 is 10.8 Å². The van der Waals surface area contributed by atoms with E-state index >= 15 is 0 Å². The summed E-state index contributed by atoms with van der Waals surface area (Å²) in [5, 5.41) is 12.0. The monoisotopic (exact) mass is 370 g/mol. The average Bonchev–Trinajstić information content (AvgIpc) is 2.49. The SMILES string of the molecule is CCOP(C)(=O)c1cc(/C=C/CNC(=O)OC(C)(C)C)cc(CO)n1. The Hall–Kier alpha value is -1.69. The molecule has 1 heterocycles. The lowest BCUT2D eigenvalue weighted by molar-refractivity contribution is 0.0534. The third kappa shape index (κ3) is 7.82. The van der Waals surface area contributed by atoms with Crippen molar-refractivity contribution < 1.29 is 23.7 Å². The quantitative estimate of drug-likeness (QED) is 0.716. The molecule has 0 aliphatic carbocycles. The van der Waals surface area contributed by atoms with Crippen molar-refractivity contribution in [3.05, 3.63) is 29.5 Å². The molecule has 8 heteroatoms. The minimum absolute atomic E-state index is 0.267. The molecule has 140 valence electrons. The lowest BCUT2D eigenvalue weighted by Gasteiger charge is -2.19. The zero-order chi connectivity index (χ0) is 19.1. The van der Waals surface area contributed by atoms with Gasteiger partial charge in [0.15, 0.2) is 0 Å². The van der Waals surface area contributed by atoms with Crippen molar-refractivity contribution in [1.29, 1.82) is 0 Å². The summed E-state index contributed by atoms with van der Waals surface area (Å²) in [7, 11) is -3.04. The Labute approximate surface area is 148 Å². The molecular formula is C17H27N2O5P. The fourth-order valence-electron chi connectivity index (χ4n) is 1.94. The smallest absolute Gasteiger partial charge is 0.407 e. The van der Waals surface area contributed by atoms with Crippen molar-refractivity contribution in [1.82, 2.24) is 10.3 Å². The number of ether oxygens (including phenoxy) is 1. The van der Waals surface area contributed by atoms with E-state index in [1.54, 1.807) is 52.0 Å². The van der Waals surface area contributed by atoms with Gasteiger partial charge in [-0.15, -0.1) is 0 Å². The fourth-order valence-corrected chi connectivity index (χ4v) is 3.26. The molecule has 2 N–H and O–H groups in total. The van der Waals surface area contributed by atoms with Crippen molar-refractivity contribution in [3.63, 3.8) is 0 Å². The number of pyridine rings is 1. The largest absolute Gasteiger partial charge is 0.444 e. The number of hydrogen-bond donors (Lipinski definition) is 2. The summed E-state index contributed by atoms with van der Waals surface area (Å²) in [5.74, 6) is 0. The number of amides is 1. The third-order valence-corrected chi connectivity index (χ3v) is 4.73. The molecule has 0 aliphatic heterocycles. The van der Waals surface area contributed by atoms with E-state index in [0.29, 0.717) is 23.3 Å². The lowest BCUT2D eigenvalue weighted by atomic mass is 10.2. The first kappa shape index (κ1) is 21.4. The molecule has 0 aromatic carbocycles. The molecular weight excluding hydrogens is 343 g/mol. The molecule has 0 bridgehead atoms. The zero-order valence-electron chi connectivity index (χ0n) is 15.4. The molecule has 1 amide bonds. The number of aliphatic hydroxyl groups is 1. The van der Waals surface area contributed by atoms with Crippen molar-refractivity contribution in [2.45, 2.75) is 39.9 Å². The van der Waals surface area contributed by atoms with Gasteiger partial charge in [0, 0.05) is 13.2 Å². The van der Waals surface area contributed by atoms with E-state index in [4.69, 9.17) is 9.26 Å². The molecule has 1 aromatic rings. The van der Waals surface area contributed by atoms with Gasteiger partial charge in [0.05, 0.1) is 18.9 Å². The van der Waals surface area contributed by atoms with Gasteiger partial charge in [0.25, 0.3) is 0 Å². The number of nitrogens with zero attached hydrogens (tertiary/aromatic N) is 1. The van der Waals surface area contributed by atoms with Crippen LogP contribution in [0.3, 0.4) is 0 Å². The predicted molar refractivity (Wildman–Crippen MR) is 98.2 cm³/mol. The normalized spacial score (nSPS) is 14.3. The van der Waals surface area contributed by atoms with Crippen molar-refractivity contribution in [3.8, 4) is 0 Å². The summed E-state index contributed by atoms with van der Waals surface area (Å²) in [4.78, 5) is 15.7. The topological polar surface area (TPSA) is 97.8 Å². The van der Waals surface area contributed by atoms with Gasteiger partial charge in [-0.2, -0.15) is 0 Å². The van der Waals surface area contributed by atoms with Gasteiger partial charge in [0.2, 0.25) is 7.37 Å². The minimum atomic E-state index is -3.04. The minimum Gasteiger partial charge on any atom is -0.444 e. The molecule has 1 aromatic heterocycles. The van der Waals surface area contributed by atoms with Crippen LogP contribution in [-0.2, 0) is 20.4 Å². The first-order valence-corrected chi connectivity index (χ1v) is 10.1. The van der Waals surface area contributed by atoms with Crippen LogP contribution in [0.5, 0.6) is 0 Å². The molecule has 0 spiro atoms. The van der Waals surface area contributed by atoms with Gasteiger partial charge in [0.1, 0.15) is 11.0 Å². The standard InChI is InChI=1S/C17H27N2O5P/c1-6-23-25(5,22)15-11-13(10-14(12-20)19-15)8-7-9-18-16(21)24-17(2,3)4/h7-8,10-11,20H,6,9,12H2,1-5H3,(H,18,21)/b8-7+. The zero-order valence-corrected chi connectivity index (χ0v) is 16.3. The first-order chi connectivity index (χ1) is 11.6. The Balaban J connectivity index is 2.81. The van der Waals surface area contributed by atoms with Gasteiger partial charge >= 0.3 is 6.09 Å². The highest BCUT2D eigenvalue weighted by molar-refractivity contribution is 7.65. The molecule has 7 nitrogen and oxygen atoms in total. The highest BCUT2D eigenvalue weighted by Crippen LogP contribution is 2.40. The van der Waals surface area contributed by atoms with Crippen LogP contribution in [0.1, 0.15) is 39.0 Å². The number of alkyl carbamates (subject to hydrolysis) is 1. The van der Waals surface area contributed by atoms with E-state index in [1.807, 2.05) is 0 Å². The number of carbonyl (C=O) groups excluding carboxylic acids is 1. The van der Waals surface area contributed by atoms with E-state index in [2.05, 4.69) is 10.3 Å². The van der Waals surface area contributed by atoms with Crippen LogP contribution in [0.4, 0.5) is 4.79 Å². The van der Waals surface area contributed by atoms with Crippen LogP contribution in [0.25, 0.3) is 6.08 Å². The molecule has 1 rings (SSSR count). The first-order valence-electron chi connectivity index (χ1n) is 8.05. The second-order valence-corrected chi connectivity index (χ2v) is 8.87. The summed E-state index contributed by atoms with van der Waals surface area (Å²) in [6.07, 6.45) is 2.97. The molecule has 1 atom stereocenters. The molecule has 0 saturated heterocycles. The van der Waals surface area contributed by atoms with E-state index in [9.17, 15) is 14.5 Å². The number of nitrogens with one attached hydrogen (secondary N) is 1. The Morgan fingerprint density at radius 1 is 1.40 bits per heavy atom. The third-order valence-electron chi connectivity index (χ3n) is 2.91. The van der Waals surface area contributed by atoms with E-state index in [1.165, 1.54) is 6.66 Å². The van der Waals surface area contributed by atoms with Gasteiger partial charge in [-0.25, -0.2) is 9.78 Å². The molecule has 0 radical (unpaired) electrons. The van der Waals surface area contributed by atoms with Crippen LogP contribution in [0.15, 0.2) is 18.2 Å². The van der Waals surface area contributed by atoms with Crippen LogP contribution in [0.2, 0.25) is 0 Å². The van der Waals surface area contributed by atoms with Crippen molar-refractivity contribution in [2.24, 2.45) is 0 Å². The Morgan fingerprint density at radius 2 is 2.08 bits per heavy atom. The second kappa shape index (κ2) is 9.13. The predicted octanol–water partition coefficient (Wildman–Crippen LogP) is 2.68. The number of aliphatic hydroxyl groups excluding tert-OH is 1. The fraction of sp³-hybridized carbons (Fsp3) is 0.529. The molecule has 0 aliphatic rings. The van der Waals surface area contributed by atoms with Gasteiger partial charge in [-0.3, -0.25) is 4.57 Å². The van der Waals surface area contributed by atoms with E-state index < -0.39 is 19.1 Å². The molecule has 25 heavy (non-hydrogen) atoms. The summed E-state index contributed by atoms with van der Waals surface area (Å²) >= 11 is 0.